The van der Waals surface area contributed by atoms with Crippen LogP contribution in [0, 0.1) is 5.82 Å². The summed E-state index contributed by atoms with van der Waals surface area (Å²) in [4.78, 5) is 1.10. The Kier molecular flexibility index (Phi) is 3.41. The molecule has 1 saturated carbocycles. The molecule has 2 aromatic rings. The molecule has 0 aromatic heterocycles. The van der Waals surface area contributed by atoms with Gasteiger partial charge in [-0.15, -0.1) is 11.8 Å². The molecule has 0 amide bonds. The van der Waals surface area contributed by atoms with Crippen LogP contribution < -0.4 is 0 Å². The first kappa shape index (κ1) is 14.1. The molecule has 1 aliphatic heterocycles. The van der Waals surface area contributed by atoms with Gasteiger partial charge in [-0.3, -0.25) is 0 Å². The normalized spacial score (nSPS) is 27.0. The number of phenolic OH excluding ortho intramolecular Hbond substituents is 1. The third-order valence-electron chi connectivity index (χ3n) is 5.16. The smallest absolute Gasteiger partial charge is 0.128 e. The highest BCUT2D eigenvalue weighted by molar-refractivity contribution is 8.00. The minimum atomic E-state index is -0.241. The zero-order chi connectivity index (χ0) is 15.2. The molecule has 4 rings (SSSR count). The Balaban J connectivity index is 1.96. The van der Waals surface area contributed by atoms with Crippen molar-refractivity contribution in [3.8, 4) is 5.75 Å². The predicted molar refractivity (Wildman–Crippen MR) is 88.0 cm³/mol. The lowest BCUT2D eigenvalue weighted by Gasteiger charge is -2.35. The van der Waals surface area contributed by atoms with Crippen molar-refractivity contribution in [2.24, 2.45) is 0 Å². The average molecular weight is 314 g/mol. The molecule has 0 spiro atoms. The van der Waals surface area contributed by atoms with Crippen LogP contribution >= 0.6 is 11.8 Å². The Bertz CT molecular complexity index is 697. The van der Waals surface area contributed by atoms with Gasteiger partial charge in [-0.1, -0.05) is 37.5 Å². The minimum Gasteiger partial charge on any atom is -0.508 e. The van der Waals surface area contributed by atoms with E-state index in [2.05, 4.69) is 6.07 Å². The van der Waals surface area contributed by atoms with Crippen LogP contribution in [-0.4, -0.2) is 10.4 Å². The molecule has 0 bridgehead atoms. The summed E-state index contributed by atoms with van der Waals surface area (Å²) in [6, 6.07) is 12.9. The van der Waals surface area contributed by atoms with Crippen LogP contribution in [0.2, 0.25) is 0 Å². The first-order chi connectivity index (χ1) is 10.7. The molecule has 114 valence electrons. The first-order valence-electron chi connectivity index (χ1n) is 7.97. The van der Waals surface area contributed by atoms with E-state index >= 15 is 0 Å². The summed E-state index contributed by atoms with van der Waals surface area (Å²) in [7, 11) is 0. The second kappa shape index (κ2) is 5.31. The molecule has 1 nitrogen and oxygen atoms in total. The Labute approximate surface area is 134 Å². The van der Waals surface area contributed by atoms with Gasteiger partial charge in [-0.25, -0.2) is 4.39 Å². The van der Waals surface area contributed by atoms with E-state index < -0.39 is 0 Å². The second-order valence-corrected chi connectivity index (χ2v) is 7.58. The highest BCUT2D eigenvalue weighted by Gasteiger charge is 2.50. The van der Waals surface area contributed by atoms with Gasteiger partial charge >= 0.3 is 0 Å². The number of hydrogen-bond donors (Lipinski definition) is 1. The summed E-state index contributed by atoms with van der Waals surface area (Å²) in [5.41, 5.74) is 1.79. The van der Waals surface area contributed by atoms with Crippen molar-refractivity contribution in [2.45, 2.75) is 47.7 Å². The molecule has 0 radical (unpaired) electrons. The number of rotatable bonds is 1. The van der Waals surface area contributed by atoms with Crippen LogP contribution in [0.1, 0.15) is 43.2 Å². The monoisotopic (exact) mass is 314 g/mol. The van der Waals surface area contributed by atoms with E-state index in [9.17, 15) is 9.50 Å². The summed E-state index contributed by atoms with van der Waals surface area (Å²) in [5.74, 6) is 0.187. The third-order valence-corrected chi connectivity index (χ3v) is 6.68. The lowest BCUT2D eigenvalue weighted by Crippen LogP contribution is -2.35. The number of thioether (sulfide) groups is 1. The van der Waals surface area contributed by atoms with Crippen LogP contribution in [0.5, 0.6) is 5.75 Å². The molecule has 0 saturated heterocycles. The summed E-state index contributed by atoms with van der Waals surface area (Å²) >= 11 is 1.84. The first-order valence-corrected chi connectivity index (χ1v) is 8.85. The van der Waals surface area contributed by atoms with Crippen molar-refractivity contribution in [1.29, 1.82) is 0 Å². The van der Waals surface area contributed by atoms with E-state index in [-0.39, 0.29) is 17.0 Å². The number of aromatic hydroxyl groups is 1. The highest BCUT2D eigenvalue weighted by atomic mass is 32.2. The van der Waals surface area contributed by atoms with Gasteiger partial charge in [0.05, 0.1) is 0 Å². The SMILES string of the molecule is Oc1ccc(C23CCCCCC2Sc2cccc(F)c23)cc1. The van der Waals surface area contributed by atoms with Gasteiger partial charge in [0.15, 0.2) is 0 Å². The second-order valence-electron chi connectivity index (χ2n) is 6.34. The number of halogens is 1. The molecule has 2 aromatic carbocycles. The third kappa shape index (κ3) is 1.98. The maximum absolute atomic E-state index is 14.7. The Morgan fingerprint density at radius 3 is 2.68 bits per heavy atom. The van der Waals surface area contributed by atoms with Crippen molar-refractivity contribution in [3.63, 3.8) is 0 Å². The minimum absolute atomic E-state index is 0.0810. The Hall–Kier alpha value is -1.48. The molecule has 1 fully saturated rings. The van der Waals surface area contributed by atoms with E-state index in [0.29, 0.717) is 5.25 Å². The largest absolute Gasteiger partial charge is 0.508 e. The lowest BCUT2D eigenvalue weighted by molar-refractivity contribution is 0.435. The fourth-order valence-electron chi connectivity index (χ4n) is 4.19. The molecule has 1 heterocycles. The zero-order valence-corrected chi connectivity index (χ0v) is 13.2. The van der Waals surface area contributed by atoms with Crippen LogP contribution in [-0.2, 0) is 5.41 Å². The van der Waals surface area contributed by atoms with E-state index in [1.54, 1.807) is 18.2 Å². The molecule has 1 N–H and O–H groups in total. The van der Waals surface area contributed by atoms with E-state index in [4.69, 9.17) is 0 Å². The van der Waals surface area contributed by atoms with Gasteiger partial charge in [0.2, 0.25) is 0 Å². The molecule has 2 unspecified atom stereocenters. The number of phenols is 1. The highest BCUT2D eigenvalue weighted by Crippen LogP contribution is 2.58. The Morgan fingerprint density at radius 1 is 1.05 bits per heavy atom. The summed E-state index contributed by atoms with van der Waals surface area (Å²) in [6.07, 6.45) is 5.68. The van der Waals surface area contributed by atoms with Crippen molar-refractivity contribution in [1.82, 2.24) is 0 Å². The summed E-state index contributed by atoms with van der Waals surface area (Å²) < 4.78 is 14.7. The fourth-order valence-corrected chi connectivity index (χ4v) is 5.90. The van der Waals surface area contributed by atoms with E-state index in [0.717, 1.165) is 35.3 Å². The topological polar surface area (TPSA) is 20.2 Å². The van der Waals surface area contributed by atoms with Crippen molar-refractivity contribution in [2.75, 3.05) is 0 Å². The molecule has 2 atom stereocenters. The molecule has 1 aliphatic carbocycles. The maximum Gasteiger partial charge on any atom is 0.128 e. The molecule has 2 aliphatic rings. The van der Waals surface area contributed by atoms with Gasteiger partial charge in [0.25, 0.3) is 0 Å². The maximum atomic E-state index is 14.7. The van der Waals surface area contributed by atoms with Gasteiger partial charge in [-0.05, 0) is 42.7 Å². The van der Waals surface area contributed by atoms with Gasteiger partial charge < -0.3 is 5.11 Å². The molecule has 22 heavy (non-hydrogen) atoms. The summed E-state index contributed by atoms with van der Waals surface area (Å²) in [5, 5.41) is 10.0. The number of hydrogen-bond acceptors (Lipinski definition) is 2. The zero-order valence-electron chi connectivity index (χ0n) is 12.4. The molecular weight excluding hydrogens is 295 g/mol. The van der Waals surface area contributed by atoms with Crippen molar-refractivity contribution in [3.05, 3.63) is 59.4 Å². The summed E-state index contributed by atoms with van der Waals surface area (Å²) in [6.45, 7) is 0. The number of fused-ring (bicyclic) bond motifs is 3. The van der Waals surface area contributed by atoms with E-state index in [1.807, 2.05) is 30.0 Å². The molecular formula is C19H19FOS. The van der Waals surface area contributed by atoms with Crippen LogP contribution in [0.4, 0.5) is 4.39 Å². The standard InChI is InChI=1S/C19H19FOS/c20-15-5-4-6-16-18(15)19(13-8-10-14(21)11-9-13)12-3-1-2-7-17(19)22-16/h4-6,8-11,17,21H,1-3,7,12H2. The molecule has 3 heteroatoms. The average Bonchev–Trinajstić information content (AvgIpc) is 2.70. The number of benzene rings is 2. The van der Waals surface area contributed by atoms with Gasteiger partial charge in [-0.2, -0.15) is 0 Å². The van der Waals surface area contributed by atoms with Crippen LogP contribution in [0.15, 0.2) is 47.4 Å². The Morgan fingerprint density at radius 2 is 1.86 bits per heavy atom. The van der Waals surface area contributed by atoms with Crippen molar-refractivity contribution < 1.29 is 9.50 Å². The van der Waals surface area contributed by atoms with E-state index in [1.165, 1.54) is 12.8 Å². The van der Waals surface area contributed by atoms with Gasteiger partial charge in [0.1, 0.15) is 11.6 Å². The van der Waals surface area contributed by atoms with Gasteiger partial charge in [0, 0.05) is 21.1 Å². The van der Waals surface area contributed by atoms with Crippen molar-refractivity contribution >= 4 is 11.8 Å². The van der Waals surface area contributed by atoms with Crippen LogP contribution in [0.25, 0.3) is 0 Å². The van der Waals surface area contributed by atoms with Crippen LogP contribution in [0.3, 0.4) is 0 Å². The fraction of sp³-hybridized carbons (Fsp3) is 0.368. The lowest BCUT2D eigenvalue weighted by atomic mass is 9.69. The quantitative estimate of drug-likeness (QED) is 0.775. The predicted octanol–water partition coefficient (Wildman–Crippen LogP) is 5.26.